The van der Waals surface area contributed by atoms with Gasteiger partial charge in [-0.25, -0.2) is 0 Å². The lowest BCUT2D eigenvalue weighted by Gasteiger charge is -2.38. The number of hydrogen-bond acceptors (Lipinski definition) is 7. The molecule has 8 nitrogen and oxygen atoms in total. The first-order chi connectivity index (χ1) is 13.0. The zero-order valence-electron chi connectivity index (χ0n) is 15.5. The quantitative estimate of drug-likeness (QED) is 0.723. The SMILES string of the molecule is Cc1noc(C)c1C1=C2C=CC=CN2C(C(=O)NC2(CO)CCOCC2)N1. The number of ether oxygens (including phenoxy) is 1. The Morgan fingerprint density at radius 1 is 1.41 bits per heavy atom. The lowest BCUT2D eigenvalue weighted by molar-refractivity contribution is -0.129. The average molecular weight is 372 g/mol. The van der Waals surface area contributed by atoms with Crippen molar-refractivity contribution in [1.29, 1.82) is 0 Å². The van der Waals surface area contributed by atoms with Gasteiger partial charge >= 0.3 is 0 Å². The highest BCUT2D eigenvalue weighted by molar-refractivity contribution is 5.88. The van der Waals surface area contributed by atoms with Gasteiger partial charge in [0.1, 0.15) is 5.76 Å². The van der Waals surface area contributed by atoms with Crippen LogP contribution in [0.5, 0.6) is 0 Å². The second kappa shape index (κ2) is 6.86. The minimum absolute atomic E-state index is 0.110. The lowest BCUT2D eigenvalue weighted by atomic mass is 9.91. The number of aromatic nitrogens is 1. The number of allylic oxidation sites excluding steroid dienone is 3. The molecule has 1 aromatic rings. The van der Waals surface area contributed by atoms with Gasteiger partial charge in [0, 0.05) is 19.4 Å². The number of carbonyl (C=O) groups is 1. The smallest absolute Gasteiger partial charge is 0.264 e. The summed E-state index contributed by atoms with van der Waals surface area (Å²) in [5, 5.41) is 20.3. The second-order valence-electron chi connectivity index (χ2n) is 7.15. The van der Waals surface area contributed by atoms with Crippen LogP contribution in [-0.4, -0.2) is 52.6 Å². The number of carbonyl (C=O) groups excluding carboxylic acids is 1. The fraction of sp³-hybridized carbons (Fsp3) is 0.474. The van der Waals surface area contributed by atoms with E-state index in [1.165, 1.54) is 0 Å². The van der Waals surface area contributed by atoms with Crippen molar-refractivity contribution >= 4 is 11.6 Å². The number of nitrogens with one attached hydrogen (secondary N) is 2. The summed E-state index contributed by atoms with van der Waals surface area (Å²) in [6.07, 6.45) is 8.21. The Morgan fingerprint density at radius 2 is 2.19 bits per heavy atom. The highest BCUT2D eigenvalue weighted by Crippen LogP contribution is 2.34. The van der Waals surface area contributed by atoms with Crippen molar-refractivity contribution in [3.05, 3.63) is 47.1 Å². The molecule has 144 valence electrons. The molecule has 1 saturated heterocycles. The molecule has 3 aliphatic heterocycles. The normalized spacial score (nSPS) is 23.4. The summed E-state index contributed by atoms with van der Waals surface area (Å²) in [4.78, 5) is 15.0. The third kappa shape index (κ3) is 3.04. The Bertz CT molecular complexity index is 813. The maximum absolute atomic E-state index is 13.1. The molecule has 0 bridgehead atoms. The van der Waals surface area contributed by atoms with Crippen molar-refractivity contribution in [1.82, 2.24) is 20.7 Å². The van der Waals surface area contributed by atoms with Crippen LogP contribution >= 0.6 is 0 Å². The molecular weight excluding hydrogens is 348 g/mol. The minimum Gasteiger partial charge on any atom is -0.394 e. The molecule has 8 heteroatoms. The highest BCUT2D eigenvalue weighted by Gasteiger charge is 2.41. The van der Waals surface area contributed by atoms with Crippen LogP contribution in [0.2, 0.25) is 0 Å². The molecule has 1 atom stereocenters. The Labute approximate surface area is 157 Å². The number of rotatable bonds is 4. The summed E-state index contributed by atoms with van der Waals surface area (Å²) in [5.41, 5.74) is 2.70. The molecule has 1 unspecified atom stereocenters. The number of aliphatic hydroxyl groups is 1. The number of fused-ring (bicyclic) bond motifs is 1. The van der Waals surface area contributed by atoms with Crippen LogP contribution in [0.25, 0.3) is 5.70 Å². The zero-order chi connectivity index (χ0) is 19.0. The fourth-order valence-corrected chi connectivity index (χ4v) is 3.82. The minimum atomic E-state index is -0.641. The number of aryl methyl sites for hydroxylation is 2. The summed E-state index contributed by atoms with van der Waals surface area (Å²) in [7, 11) is 0. The standard InChI is InChI=1S/C19H24N4O4/c1-12-15(13(2)27-22-12)16-14-5-3-4-8-23(14)17(20-16)18(25)21-19(11-24)6-9-26-10-7-19/h3-5,8,17,20,24H,6-7,9-11H2,1-2H3,(H,21,25). The van der Waals surface area contributed by atoms with E-state index in [9.17, 15) is 9.90 Å². The third-order valence-electron chi connectivity index (χ3n) is 5.38. The van der Waals surface area contributed by atoms with Crippen molar-refractivity contribution in [2.45, 2.75) is 38.4 Å². The fourth-order valence-electron chi connectivity index (χ4n) is 3.82. The summed E-state index contributed by atoms with van der Waals surface area (Å²) < 4.78 is 10.7. The van der Waals surface area contributed by atoms with E-state index in [2.05, 4.69) is 15.8 Å². The van der Waals surface area contributed by atoms with E-state index in [4.69, 9.17) is 9.26 Å². The first kappa shape index (κ1) is 17.8. The van der Waals surface area contributed by atoms with E-state index in [1.54, 1.807) is 0 Å². The molecule has 0 aromatic carbocycles. The predicted molar refractivity (Wildman–Crippen MR) is 98.0 cm³/mol. The summed E-state index contributed by atoms with van der Waals surface area (Å²) in [6, 6.07) is 0. The Morgan fingerprint density at radius 3 is 2.85 bits per heavy atom. The van der Waals surface area contributed by atoms with Crippen molar-refractivity contribution in [2.75, 3.05) is 19.8 Å². The Kier molecular flexibility index (Phi) is 4.53. The largest absolute Gasteiger partial charge is 0.394 e. The van der Waals surface area contributed by atoms with Crippen LogP contribution in [0, 0.1) is 13.8 Å². The maximum atomic E-state index is 13.1. The molecule has 1 amide bonds. The molecule has 4 heterocycles. The second-order valence-corrected chi connectivity index (χ2v) is 7.15. The summed E-state index contributed by atoms with van der Waals surface area (Å²) >= 11 is 0. The maximum Gasteiger partial charge on any atom is 0.264 e. The van der Waals surface area contributed by atoms with Gasteiger partial charge in [-0.15, -0.1) is 0 Å². The van der Waals surface area contributed by atoms with Crippen molar-refractivity contribution in [3.8, 4) is 0 Å². The number of hydrogen-bond donors (Lipinski definition) is 3. The summed E-state index contributed by atoms with van der Waals surface area (Å²) in [6.45, 7) is 4.68. The van der Waals surface area contributed by atoms with Gasteiger partial charge in [-0.2, -0.15) is 0 Å². The van der Waals surface area contributed by atoms with Gasteiger partial charge in [-0.3, -0.25) is 4.79 Å². The van der Waals surface area contributed by atoms with Gasteiger partial charge in [0.15, 0.2) is 6.17 Å². The predicted octanol–water partition coefficient (Wildman–Crippen LogP) is 0.933. The van der Waals surface area contributed by atoms with E-state index in [0.29, 0.717) is 31.8 Å². The van der Waals surface area contributed by atoms with Gasteiger partial charge in [0.2, 0.25) is 0 Å². The van der Waals surface area contributed by atoms with Crippen LogP contribution in [0.3, 0.4) is 0 Å². The van der Waals surface area contributed by atoms with Crippen LogP contribution < -0.4 is 10.6 Å². The van der Waals surface area contributed by atoms with Gasteiger partial charge < -0.3 is 29.9 Å². The lowest BCUT2D eigenvalue weighted by Crippen LogP contribution is -2.60. The number of nitrogens with zero attached hydrogens (tertiary/aromatic N) is 2. The first-order valence-corrected chi connectivity index (χ1v) is 9.12. The first-order valence-electron chi connectivity index (χ1n) is 9.12. The molecule has 4 rings (SSSR count). The monoisotopic (exact) mass is 372 g/mol. The average Bonchev–Trinajstić information content (AvgIpc) is 3.22. The number of amides is 1. The van der Waals surface area contributed by atoms with Gasteiger partial charge in [0.05, 0.1) is 34.8 Å². The Balaban J connectivity index is 1.61. The topological polar surface area (TPSA) is 99.9 Å². The van der Waals surface area contributed by atoms with Crippen LogP contribution in [-0.2, 0) is 9.53 Å². The molecule has 1 fully saturated rings. The van der Waals surface area contributed by atoms with Crippen LogP contribution in [0.4, 0.5) is 0 Å². The number of aliphatic hydroxyl groups excluding tert-OH is 1. The summed E-state index contributed by atoms with van der Waals surface area (Å²) in [5.74, 6) is 0.507. The van der Waals surface area contributed by atoms with Crippen molar-refractivity contribution in [3.63, 3.8) is 0 Å². The molecule has 0 radical (unpaired) electrons. The van der Waals surface area contributed by atoms with Crippen molar-refractivity contribution < 1.29 is 19.2 Å². The van der Waals surface area contributed by atoms with E-state index < -0.39 is 11.7 Å². The molecule has 1 aromatic heterocycles. The van der Waals surface area contributed by atoms with Crippen molar-refractivity contribution in [2.24, 2.45) is 0 Å². The molecule has 0 saturated carbocycles. The van der Waals surface area contributed by atoms with E-state index in [-0.39, 0.29) is 12.5 Å². The molecule has 27 heavy (non-hydrogen) atoms. The molecule has 3 aliphatic rings. The molecule has 0 spiro atoms. The Hall–Kier alpha value is -2.58. The van der Waals surface area contributed by atoms with Gasteiger partial charge in [-0.05, 0) is 38.8 Å². The third-order valence-corrected chi connectivity index (χ3v) is 5.38. The zero-order valence-corrected chi connectivity index (χ0v) is 15.5. The molecule has 0 aliphatic carbocycles. The van der Waals surface area contributed by atoms with Crippen LogP contribution in [0.1, 0.15) is 29.9 Å². The van der Waals surface area contributed by atoms with E-state index >= 15 is 0 Å². The van der Waals surface area contributed by atoms with Gasteiger partial charge in [0.25, 0.3) is 5.91 Å². The van der Waals surface area contributed by atoms with E-state index in [0.717, 1.165) is 22.7 Å². The molecule has 3 N–H and O–H groups in total. The molecular formula is C19H24N4O4. The van der Waals surface area contributed by atoms with Crippen LogP contribution in [0.15, 0.2) is 34.6 Å². The highest BCUT2D eigenvalue weighted by atomic mass is 16.5. The van der Waals surface area contributed by atoms with E-state index in [1.807, 2.05) is 43.2 Å². The van der Waals surface area contributed by atoms with Gasteiger partial charge in [-0.1, -0.05) is 11.2 Å².